The molecule has 1 spiro atoms. The standard InChI is InChI=1S/C20H37N3O13/c1-23-7-2-5(21)9(26)11(28)15(7)33-19-17-16(10(27)8(4-25)32-19)35-20(36-17)18(31)13(30)12(29)14(34-20)6(22)3-24/h5-19,23-31H,2-4,21-22H2,1H3/t5-,6?,7-,8+,9+,10-,11-,12+,13-,14+,15-,16-,17-,18+,19?,20?/m0/s1. The number of hydrogen-bond acceptors (Lipinski definition) is 16. The zero-order valence-corrected chi connectivity index (χ0v) is 19.6. The molecule has 16 heteroatoms. The summed E-state index contributed by atoms with van der Waals surface area (Å²) in [5.41, 5.74) is 11.7. The molecule has 36 heavy (non-hydrogen) atoms. The molecule has 1 aliphatic carbocycles. The second-order valence-electron chi connectivity index (χ2n) is 9.72. The van der Waals surface area contributed by atoms with Crippen molar-refractivity contribution in [2.75, 3.05) is 20.3 Å². The molecule has 3 unspecified atom stereocenters. The average Bonchev–Trinajstić information content (AvgIpc) is 3.27. The highest BCUT2D eigenvalue weighted by Crippen LogP contribution is 2.45. The highest BCUT2D eigenvalue weighted by atomic mass is 16.9. The van der Waals surface area contributed by atoms with E-state index >= 15 is 0 Å². The van der Waals surface area contributed by atoms with E-state index in [-0.39, 0.29) is 6.42 Å². The summed E-state index contributed by atoms with van der Waals surface area (Å²) >= 11 is 0. The van der Waals surface area contributed by atoms with E-state index in [0.29, 0.717) is 0 Å². The Labute approximate surface area is 206 Å². The summed E-state index contributed by atoms with van der Waals surface area (Å²) in [7, 11) is 1.61. The van der Waals surface area contributed by atoms with Gasteiger partial charge in [-0.2, -0.15) is 0 Å². The first-order valence-corrected chi connectivity index (χ1v) is 11.8. The van der Waals surface area contributed by atoms with Crippen molar-refractivity contribution in [3.8, 4) is 0 Å². The topological polar surface area (TPSA) is 272 Å². The molecule has 0 aromatic carbocycles. The molecule has 3 aliphatic heterocycles. The molecule has 0 bridgehead atoms. The third-order valence-corrected chi connectivity index (χ3v) is 7.41. The van der Waals surface area contributed by atoms with Crippen LogP contribution < -0.4 is 16.8 Å². The van der Waals surface area contributed by atoms with E-state index < -0.39 is 111 Å². The third-order valence-electron chi connectivity index (χ3n) is 7.41. The van der Waals surface area contributed by atoms with Crippen LogP contribution >= 0.6 is 0 Å². The average molecular weight is 528 g/mol. The lowest BCUT2D eigenvalue weighted by Gasteiger charge is -2.46. The van der Waals surface area contributed by atoms with Crippen LogP contribution in [0.15, 0.2) is 0 Å². The predicted molar refractivity (Wildman–Crippen MR) is 115 cm³/mol. The minimum absolute atomic E-state index is 0.236. The van der Waals surface area contributed by atoms with Crippen molar-refractivity contribution in [2.45, 2.75) is 104 Å². The SMILES string of the molecule is CN[C@H]1C[C@H](N)[C@@H](O)[C@H](O)[C@H]1OC1O[C@H](CO)[C@H](O)[C@@H]2OC3(O[C@H](C(N)CO)[C@H](O)[C@H](O)[C@H]3O)O[C@H]12. The van der Waals surface area contributed by atoms with Gasteiger partial charge in [-0.3, -0.25) is 0 Å². The fourth-order valence-corrected chi connectivity index (χ4v) is 5.24. The predicted octanol–water partition coefficient (Wildman–Crippen LogP) is -7.27. The molecule has 3 heterocycles. The van der Waals surface area contributed by atoms with Crippen molar-refractivity contribution in [3.63, 3.8) is 0 Å². The van der Waals surface area contributed by atoms with Crippen LogP contribution in [0.3, 0.4) is 0 Å². The Kier molecular flexibility index (Phi) is 8.55. The number of nitrogens with one attached hydrogen (secondary N) is 1. The van der Waals surface area contributed by atoms with Gasteiger partial charge in [-0.1, -0.05) is 0 Å². The quantitative estimate of drug-likeness (QED) is 0.153. The summed E-state index contributed by atoms with van der Waals surface area (Å²) in [5.74, 6) is -2.46. The summed E-state index contributed by atoms with van der Waals surface area (Å²) in [5, 5.41) is 85.3. The number of rotatable bonds is 6. The lowest BCUT2D eigenvalue weighted by Crippen LogP contribution is -2.69. The molecule has 0 radical (unpaired) electrons. The van der Waals surface area contributed by atoms with Crippen molar-refractivity contribution < 1.29 is 64.5 Å². The van der Waals surface area contributed by atoms with Crippen molar-refractivity contribution in [2.24, 2.45) is 11.5 Å². The minimum atomic E-state index is -2.46. The third kappa shape index (κ3) is 4.68. The highest BCUT2D eigenvalue weighted by molar-refractivity contribution is 5.05. The first-order chi connectivity index (χ1) is 17.0. The molecule has 210 valence electrons. The molecule has 16 nitrogen and oxygen atoms in total. The molecule has 1 saturated carbocycles. The molecule has 13 N–H and O–H groups in total. The minimum Gasteiger partial charge on any atom is -0.395 e. The molecule has 4 rings (SSSR count). The number of aliphatic hydroxyl groups excluding tert-OH is 8. The summed E-state index contributed by atoms with van der Waals surface area (Å²) in [6.07, 6.45) is -17.5. The van der Waals surface area contributed by atoms with Crippen LogP contribution in [0.25, 0.3) is 0 Å². The van der Waals surface area contributed by atoms with Gasteiger partial charge in [-0.05, 0) is 13.5 Å². The molecule has 3 saturated heterocycles. The van der Waals surface area contributed by atoms with Crippen LogP contribution in [0.5, 0.6) is 0 Å². The first-order valence-electron chi connectivity index (χ1n) is 11.8. The maximum absolute atomic E-state index is 10.8. The van der Waals surface area contributed by atoms with E-state index in [9.17, 15) is 40.9 Å². The lowest BCUT2D eigenvalue weighted by atomic mass is 9.84. The van der Waals surface area contributed by atoms with Gasteiger partial charge in [0, 0.05) is 12.1 Å². The molecule has 0 amide bonds. The number of hydrogen-bond donors (Lipinski definition) is 11. The molecule has 4 aliphatic rings. The molecular weight excluding hydrogens is 490 g/mol. The maximum atomic E-state index is 10.8. The van der Waals surface area contributed by atoms with Gasteiger partial charge in [-0.25, -0.2) is 0 Å². The number of fused-ring (bicyclic) bond motifs is 1. The van der Waals surface area contributed by atoms with Crippen molar-refractivity contribution in [3.05, 3.63) is 0 Å². The lowest BCUT2D eigenvalue weighted by molar-refractivity contribution is -0.439. The van der Waals surface area contributed by atoms with Gasteiger partial charge in [0.25, 0.3) is 0 Å². The van der Waals surface area contributed by atoms with Gasteiger partial charge >= 0.3 is 5.97 Å². The van der Waals surface area contributed by atoms with Crippen molar-refractivity contribution in [1.82, 2.24) is 5.32 Å². The summed E-state index contributed by atoms with van der Waals surface area (Å²) in [6, 6.07) is -2.46. The van der Waals surface area contributed by atoms with Crippen LogP contribution in [0.2, 0.25) is 0 Å². The Bertz CT molecular complexity index is 754. The Hall–Kier alpha value is -0.640. The monoisotopic (exact) mass is 527 g/mol. The summed E-state index contributed by atoms with van der Waals surface area (Å²) in [6.45, 7) is -1.31. The van der Waals surface area contributed by atoms with Crippen LogP contribution in [0, 0.1) is 0 Å². The number of ether oxygens (including phenoxy) is 5. The Morgan fingerprint density at radius 2 is 1.61 bits per heavy atom. The van der Waals surface area contributed by atoms with Crippen LogP contribution in [-0.2, 0) is 23.7 Å². The number of aliphatic hydroxyl groups is 8. The summed E-state index contributed by atoms with van der Waals surface area (Å²) < 4.78 is 28.9. The second kappa shape index (κ2) is 10.9. The first kappa shape index (κ1) is 28.4. The smallest absolute Gasteiger partial charge is 0.314 e. The van der Waals surface area contributed by atoms with Crippen LogP contribution in [0.4, 0.5) is 0 Å². The Morgan fingerprint density at radius 3 is 2.22 bits per heavy atom. The molecule has 0 aromatic heterocycles. The van der Waals surface area contributed by atoms with E-state index in [2.05, 4.69) is 5.32 Å². The molecule has 16 atom stereocenters. The summed E-state index contributed by atoms with van der Waals surface area (Å²) in [4.78, 5) is 0. The van der Waals surface area contributed by atoms with Gasteiger partial charge in [0.15, 0.2) is 12.4 Å². The fraction of sp³-hybridized carbons (Fsp3) is 1.00. The molecule has 0 aromatic rings. The highest BCUT2D eigenvalue weighted by Gasteiger charge is 2.67. The van der Waals surface area contributed by atoms with Gasteiger partial charge < -0.3 is 81.3 Å². The maximum Gasteiger partial charge on any atom is 0.314 e. The zero-order chi connectivity index (χ0) is 26.5. The molecule has 4 fully saturated rings. The van der Waals surface area contributed by atoms with E-state index in [1.165, 1.54) is 0 Å². The van der Waals surface area contributed by atoms with Gasteiger partial charge in [0.2, 0.25) is 0 Å². The largest absolute Gasteiger partial charge is 0.395 e. The number of likely N-dealkylation sites (N-methyl/N-ethyl adjacent to an activating group) is 1. The molecular formula is C20H37N3O13. The van der Waals surface area contributed by atoms with E-state index in [1.807, 2.05) is 0 Å². The van der Waals surface area contributed by atoms with Crippen LogP contribution in [0.1, 0.15) is 6.42 Å². The Balaban J connectivity index is 1.62. The zero-order valence-electron chi connectivity index (χ0n) is 19.6. The Morgan fingerprint density at radius 1 is 0.944 bits per heavy atom. The van der Waals surface area contributed by atoms with Crippen molar-refractivity contribution in [1.29, 1.82) is 0 Å². The van der Waals surface area contributed by atoms with Crippen LogP contribution in [-0.4, -0.2) is 159 Å². The fourth-order valence-electron chi connectivity index (χ4n) is 5.24. The van der Waals surface area contributed by atoms with E-state index in [1.54, 1.807) is 7.05 Å². The second-order valence-corrected chi connectivity index (χ2v) is 9.72. The van der Waals surface area contributed by atoms with E-state index in [0.717, 1.165) is 0 Å². The van der Waals surface area contributed by atoms with E-state index in [4.69, 9.17) is 35.2 Å². The number of nitrogens with two attached hydrogens (primary N) is 2. The van der Waals surface area contributed by atoms with Gasteiger partial charge in [-0.15, -0.1) is 0 Å². The van der Waals surface area contributed by atoms with Crippen molar-refractivity contribution >= 4 is 0 Å². The normalized spacial score (nSPS) is 54.4. The van der Waals surface area contributed by atoms with Gasteiger partial charge in [0.1, 0.15) is 54.9 Å². The van der Waals surface area contributed by atoms with Gasteiger partial charge in [0.05, 0.1) is 25.4 Å².